The number of nitriles is 1. The van der Waals surface area contributed by atoms with Crippen molar-refractivity contribution in [3.8, 4) is 6.07 Å². The molecule has 2 aromatic rings. The molecule has 1 aromatic carbocycles. The van der Waals surface area contributed by atoms with Gasteiger partial charge in [0.25, 0.3) is 0 Å². The number of likely N-dealkylation sites (N-methyl/N-ethyl adjacent to an activating group) is 1. The van der Waals surface area contributed by atoms with Crippen LogP contribution < -0.4 is 5.32 Å². The van der Waals surface area contributed by atoms with E-state index in [0.29, 0.717) is 30.8 Å². The zero-order valence-corrected chi connectivity index (χ0v) is 13.7. The van der Waals surface area contributed by atoms with Crippen LogP contribution in [0.3, 0.4) is 0 Å². The lowest BCUT2D eigenvalue weighted by Crippen LogP contribution is -2.36. The largest absolute Gasteiger partial charge is 0.350 e. The molecular weight excluding hydrogens is 313 g/mol. The van der Waals surface area contributed by atoms with Crippen LogP contribution in [0.15, 0.2) is 35.7 Å². The summed E-state index contributed by atoms with van der Waals surface area (Å²) in [5, 5.41) is 13.6. The molecule has 0 spiro atoms. The second kappa shape index (κ2) is 8.42. The highest BCUT2D eigenvalue weighted by Gasteiger charge is 2.12. The van der Waals surface area contributed by atoms with Crippen LogP contribution in [-0.4, -0.2) is 23.9 Å². The Balaban J connectivity index is 1.89. The Hall–Kier alpha value is -2.23. The van der Waals surface area contributed by atoms with Gasteiger partial charge >= 0.3 is 0 Å². The Bertz CT molecular complexity index is 694. The summed E-state index contributed by atoms with van der Waals surface area (Å²) in [7, 11) is 0. The fourth-order valence-corrected chi connectivity index (χ4v) is 2.77. The van der Waals surface area contributed by atoms with E-state index in [1.807, 2.05) is 35.4 Å². The van der Waals surface area contributed by atoms with Crippen LogP contribution in [0.5, 0.6) is 0 Å². The van der Waals surface area contributed by atoms with E-state index in [9.17, 15) is 9.18 Å². The maximum atomic E-state index is 13.9. The topological polar surface area (TPSA) is 56.1 Å². The first-order chi connectivity index (χ1) is 11.1. The van der Waals surface area contributed by atoms with E-state index in [1.165, 1.54) is 6.07 Å². The molecule has 0 bridgehead atoms. The fourth-order valence-electron chi connectivity index (χ4n) is 2.12. The van der Waals surface area contributed by atoms with E-state index in [0.717, 1.165) is 4.88 Å². The lowest BCUT2D eigenvalue weighted by atomic mass is 10.1. The lowest BCUT2D eigenvalue weighted by Gasteiger charge is -2.20. The second-order valence-electron chi connectivity index (χ2n) is 5.08. The first-order valence-electron chi connectivity index (χ1n) is 7.32. The maximum absolute atomic E-state index is 13.9. The Morgan fingerprint density at radius 2 is 2.26 bits per heavy atom. The van der Waals surface area contributed by atoms with Crippen molar-refractivity contribution in [2.45, 2.75) is 20.0 Å². The number of benzene rings is 1. The Labute approximate surface area is 139 Å². The summed E-state index contributed by atoms with van der Waals surface area (Å²) in [6, 6.07) is 10.2. The number of hydrogen-bond acceptors (Lipinski definition) is 4. The van der Waals surface area contributed by atoms with Gasteiger partial charge in [-0.2, -0.15) is 5.26 Å². The van der Waals surface area contributed by atoms with Crippen LogP contribution in [0.1, 0.15) is 22.9 Å². The highest BCUT2D eigenvalue weighted by Crippen LogP contribution is 2.12. The summed E-state index contributed by atoms with van der Waals surface area (Å²) in [4.78, 5) is 15.0. The molecule has 0 aliphatic rings. The minimum absolute atomic E-state index is 0.0886. The van der Waals surface area contributed by atoms with Crippen molar-refractivity contribution in [1.82, 2.24) is 10.2 Å². The van der Waals surface area contributed by atoms with Crippen LogP contribution >= 0.6 is 11.3 Å². The molecule has 0 aliphatic carbocycles. The van der Waals surface area contributed by atoms with Gasteiger partial charge in [0.15, 0.2) is 0 Å². The van der Waals surface area contributed by atoms with Crippen molar-refractivity contribution in [2.75, 3.05) is 13.1 Å². The number of thiophene rings is 1. The molecule has 1 amide bonds. The number of nitrogens with zero attached hydrogens (tertiary/aromatic N) is 2. The first kappa shape index (κ1) is 17.1. The van der Waals surface area contributed by atoms with E-state index >= 15 is 0 Å². The van der Waals surface area contributed by atoms with Gasteiger partial charge in [0.05, 0.1) is 24.7 Å². The minimum atomic E-state index is -0.415. The third-order valence-electron chi connectivity index (χ3n) is 3.43. The fraction of sp³-hybridized carbons (Fsp3) is 0.294. The molecule has 0 aliphatic heterocycles. The van der Waals surface area contributed by atoms with E-state index in [4.69, 9.17) is 5.26 Å². The molecule has 1 aromatic heterocycles. The molecule has 0 saturated heterocycles. The molecule has 2 rings (SSSR count). The number of halogens is 1. The SMILES string of the molecule is CCN(CC(=O)NCc1cccs1)Cc1ccc(C#N)cc1F. The molecule has 4 nitrogen and oxygen atoms in total. The van der Waals surface area contributed by atoms with Crippen LogP contribution in [0, 0.1) is 17.1 Å². The number of rotatable bonds is 7. The summed E-state index contributed by atoms with van der Waals surface area (Å²) < 4.78 is 13.9. The first-order valence-corrected chi connectivity index (χ1v) is 8.20. The van der Waals surface area contributed by atoms with Gasteiger partial charge in [-0.25, -0.2) is 4.39 Å². The molecular formula is C17H18FN3OS. The molecule has 120 valence electrons. The van der Waals surface area contributed by atoms with Crippen molar-refractivity contribution in [3.05, 3.63) is 57.5 Å². The van der Waals surface area contributed by atoms with Crippen LogP contribution in [0.2, 0.25) is 0 Å². The van der Waals surface area contributed by atoms with E-state index < -0.39 is 5.82 Å². The third kappa shape index (κ3) is 5.16. The zero-order chi connectivity index (χ0) is 16.7. The predicted octanol–water partition coefficient (Wildman–Crippen LogP) is 2.90. The standard InChI is InChI=1S/C17H18FN3OS/c1-2-21(11-14-6-5-13(9-19)8-16(14)18)12-17(22)20-10-15-4-3-7-23-15/h3-8H,2,10-12H2,1H3,(H,20,22). The number of carbonyl (C=O) groups excluding carboxylic acids is 1. The number of hydrogen-bond donors (Lipinski definition) is 1. The summed E-state index contributed by atoms with van der Waals surface area (Å²) in [5.74, 6) is -0.504. The normalized spacial score (nSPS) is 10.5. The van der Waals surface area contributed by atoms with Gasteiger partial charge in [0.2, 0.25) is 5.91 Å². The molecule has 0 radical (unpaired) electrons. The molecule has 1 heterocycles. The highest BCUT2D eigenvalue weighted by atomic mass is 32.1. The molecule has 0 fully saturated rings. The van der Waals surface area contributed by atoms with E-state index in [1.54, 1.807) is 23.5 Å². The van der Waals surface area contributed by atoms with Crippen molar-refractivity contribution >= 4 is 17.2 Å². The van der Waals surface area contributed by atoms with Crippen LogP contribution in [-0.2, 0) is 17.9 Å². The van der Waals surface area contributed by atoms with Crippen LogP contribution in [0.4, 0.5) is 4.39 Å². The molecule has 0 atom stereocenters. The van der Waals surface area contributed by atoms with Crippen LogP contribution in [0.25, 0.3) is 0 Å². The molecule has 23 heavy (non-hydrogen) atoms. The van der Waals surface area contributed by atoms with Crippen molar-refractivity contribution < 1.29 is 9.18 Å². The Morgan fingerprint density at radius 3 is 2.87 bits per heavy atom. The second-order valence-corrected chi connectivity index (χ2v) is 6.11. The smallest absolute Gasteiger partial charge is 0.234 e. The van der Waals surface area contributed by atoms with Gasteiger partial charge in [0.1, 0.15) is 5.82 Å². The van der Waals surface area contributed by atoms with Gasteiger partial charge in [-0.05, 0) is 30.1 Å². The monoisotopic (exact) mass is 331 g/mol. The maximum Gasteiger partial charge on any atom is 0.234 e. The van der Waals surface area contributed by atoms with Crippen molar-refractivity contribution in [3.63, 3.8) is 0 Å². The third-order valence-corrected chi connectivity index (χ3v) is 4.31. The number of carbonyl (C=O) groups is 1. The van der Waals surface area contributed by atoms with Gasteiger partial charge in [0, 0.05) is 17.0 Å². The highest BCUT2D eigenvalue weighted by molar-refractivity contribution is 7.09. The Kier molecular flexibility index (Phi) is 6.27. The minimum Gasteiger partial charge on any atom is -0.350 e. The summed E-state index contributed by atoms with van der Waals surface area (Å²) in [5.41, 5.74) is 0.778. The predicted molar refractivity (Wildman–Crippen MR) is 88.2 cm³/mol. The van der Waals surface area contributed by atoms with Gasteiger partial charge < -0.3 is 5.32 Å². The summed E-state index contributed by atoms with van der Waals surface area (Å²) in [6.07, 6.45) is 0. The van der Waals surface area contributed by atoms with E-state index in [2.05, 4.69) is 5.32 Å². The average molecular weight is 331 g/mol. The molecule has 0 unspecified atom stereocenters. The van der Waals surface area contributed by atoms with Crippen molar-refractivity contribution in [2.24, 2.45) is 0 Å². The van der Waals surface area contributed by atoms with Gasteiger partial charge in [-0.1, -0.05) is 19.1 Å². The number of amides is 1. The summed E-state index contributed by atoms with van der Waals surface area (Å²) in [6.45, 7) is 3.61. The van der Waals surface area contributed by atoms with Gasteiger partial charge in [-0.15, -0.1) is 11.3 Å². The average Bonchev–Trinajstić information content (AvgIpc) is 3.07. The summed E-state index contributed by atoms with van der Waals surface area (Å²) >= 11 is 1.59. The lowest BCUT2D eigenvalue weighted by molar-refractivity contribution is -0.122. The zero-order valence-electron chi connectivity index (χ0n) is 12.9. The van der Waals surface area contributed by atoms with E-state index in [-0.39, 0.29) is 12.5 Å². The molecule has 1 N–H and O–H groups in total. The van der Waals surface area contributed by atoms with Crippen molar-refractivity contribution in [1.29, 1.82) is 5.26 Å². The quantitative estimate of drug-likeness (QED) is 0.849. The van der Waals surface area contributed by atoms with Gasteiger partial charge in [-0.3, -0.25) is 9.69 Å². The molecule has 0 saturated carbocycles. The molecule has 6 heteroatoms. The number of nitrogens with one attached hydrogen (secondary N) is 1. The Morgan fingerprint density at radius 1 is 1.43 bits per heavy atom.